The van der Waals surface area contributed by atoms with Crippen LogP contribution in [0.25, 0.3) is 5.52 Å². The predicted molar refractivity (Wildman–Crippen MR) is 76.6 cm³/mol. The molecule has 0 aliphatic carbocycles. The number of aromatic nitrogens is 1. The summed E-state index contributed by atoms with van der Waals surface area (Å²) in [4.78, 5) is 12.6. The third-order valence-corrected chi connectivity index (χ3v) is 3.52. The number of carbonyl (C=O) groups is 1. The molecule has 0 N–H and O–H groups in total. The number of fused-ring (bicyclic) bond motifs is 1. The zero-order valence-corrected chi connectivity index (χ0v) is 11.6. The van der Waals surface area contributed by atoms with Gasteiger partial charge in [-0.15, -0.1) is 0 Å². The number of aryl methyl sites for hydroxylation is 1. The maximum atomic E-state index is 13.3. The molecule has 108 valence electrons. The molecule has 0 radical (unpaired) electrons. The fraction of sp³-hybridized carbons (Fsp3) is 0.0588. The molecular weight excluding hydrogens is 286 g/mol. The molecule has 3 aromatic rings. The Bertz CT molecular complexity index is 951. The lowest BCUT2D eigenvalue weighted by Crippen LogP contribution is -2.07. The quantitative estimate of drug-likeness (QED) is 0.678. The molecule has 2 heterocycles. The van der Waals surface area contributed by atoms with E-state index in [1.807, 2.05) is 6.07 Å². The molecule has 0 unspecified atom stereocenters. The van der Waals surface area contributed by atoms with E-state index in [9.17, 15) is 18.8 Å². The van der Waals surface area contributed by atoms with Gasteiger partial charge in [0.05, 0.1) is 16.8 Å². The Morgan fingerprint density at radius 2 is 1.91 bits per heavy atom. The van der Waals surface area contributed by atoms with Crippen molar-refractivity contribution in [2.24, 2.45) is 0 Å². The molecule has 0 saturated carbocycles. The minimum Gasteiger partial charge on any atom is -0.310 e. The van der Waals surface area contributed by atoms with Crippen molar-refractivity contribution in [1.82, 2.24) is 4.40 Å². The van der Waals surface area contributed by atoms with Gasteiger partial charge in [0, 0.05) is 11.3 Å². The van der Waals surface area contributed by atoms with E-state index in [0.29, 0.717) is 11.1 Å². The van der Waals surface area contributed by atoms with Crippen LogP contribution in [0.4, 0.5) is 8.78 Å². The highest BCUT2D eigenvalue weighted by Gasteiger charge is 2.19. The minimum atomic E-state index is -1.08. The number of nitriles is 1. The van der Waals surface area contributed by atoms with Gasteiger partial charge in [0.1, 0.15) is 6.07 Å². The Balaban J connectivity index is 2.24. The summed E-state index contributed by atoms with van der Waals surface area (Å²) in [6, 6.07) is 11.8. The van der Waals surface area contributed by atoms with Crippen LogP contribution in [0.2, 0.25) is 0 Å². The zero-order valence-electron chi connectivity index (χ0n) is 11.6. The number of ketones is 1. The number of hydrogen-bond acceptors (Lipinski definition) is 2. The van der Waals surface area contributed by atoms with Crippen molar-refractivity contribution in [2.45, 2.75) is 6.92 Å². The Morgan fingerprint density at radius 1 is 1.14 bits per heavy atom. The summed E-state index contributed by atoms with van der Waals surface area (Å²) in [6.07, 6.45) is 0. The fourth-order valence-corrected chi connectivity index (χ4v) is 2.46. The molecule has 3 nitrogen and oxygen atoms in total. The van der Waals surface area contributed by atoms with Crippen molar-refractivity contribution in [2.75, 3.05) is 0 Å². The molecule has 3 rings (SSSR count). The monoisotopic (exact) mass is 296 g/mol. The molecule has 22 heavy (non-hydrogen) atoms. The fourth-order valence-electron chi connectivity index (χ4n) is 2.46. The van der Waals surface area contributed by atoms with Crippen LogP contribution in [0, 0.1) is 29.9 Å². The first kappa shape index (κ1) is 14.0. The Morgan fingerprint density at radius 3 is 2.59 bits per heavy atom. The van der Waals surface area contributed by atoms with E-state index < -0.39 is 17.4 Å². The first-order chi connectivity index (χ1) is 10.5. The van der Waals surface area contributed by atoms with E-state index in [1.54, 1.807) is 29.5 Å². The molecule has 1 aromatic carbocycles. The average Bonchev–Trinajstić information content (AvgIpc) is 2.89. The number of carbonyl (C=O) groups excluding carboxylic acids is 1. The van der Waals surface area contributed by atoms with Gasteiger partial charge in [-0.05, 0) is 43.3 Å². The van der Waals surface area contributed by atoms with E-state index in [2.05, 4.69) is 0 Å². The third-order valence-electron chi connectivity index (χ3n) is 3.52. The Labute approximate surface area is 125 Å². The van der Waals surface area contributed by atoms with E-state index in [-0.39, 0.29) is 11.3 Å². The second-order valence-electron chi connectivity index (χ2n) is 4.90. The van der Waals surface area contributed by atoms with Crippen LogP contribution < -0.4 is 0 Å². The summed E-state index contributed by atoms with van der Waals surface area (Å²) in [5, 5.41) is 9.19. The smallest absolute Gasteiger partial charge is 0.209 e. The van der Waals surface area contributed by atoms with Gasteiger partial charge in [0.25, 0.3) is 0 Å². The van der Waals surface area contributed by atoms with Gasteiger partial charge in [-0.2, -0.15) is 5.26 Å². The number of rotatable bonds is 2. The zero-order chi connectivity index (χ0) is 15.9. The number of hydrogen-bond donors (Lipinski definition) is 0. The van der Waals surface area contributed by atoms with Crippen LogP contribution in [0.5, 0.6) is 0 Å². The normalized spacial score (nSPS) is 10.6. The molecule has 0 saturated heterocycles. The van der Waals surface area contributed by atoms with Crippen molar-refractivity contribution < 1.29 is 13.6 Å². The SMILES string of the molecule is Cc1cccc2c(C#N)cc(C(=O)c3ccc(F)c(F)c3)n12. The van der Waals surface area contributed by atoms with Crippen LogP contribution in [0.15, 0.2) is 42.5 Å². The maximum Gasteiger partial charge on any atom is 0.209 e. The second kappa shape index (κ2) is 5.08. The van der Waals surface area contributed by atoms with Crippen molar-refractivity contribution in [3.8, 4) is 6.07 Å². The molecular formula is C17H10F2N2O. The van der Waals surface area contributed by atoms with Crippen molar-refractivity contribution in [3.05, 3.63) is 76.6 Å². The average molecular weight is 296 g/mol. The first-order valence-corrected chi connectivity index (χ1v) is 6.54. The van der Waals surface area contributed by atoms with Crippen LogP contribution in [0.3, 0.4) is 0 Å². The van der Waals surface area contributed by atoms with Crippen LogP contribution in [-0.4, -0.2) is 10.2 Å². The maximum absolute atomic E-state index is 13.3. The number of nitrogens with zero attached hydrogens (tertiary/aromatic N) is 2. The van der Waals surface area contributed by atoms with Gasteiger partial charge in [-0.1, -0.05) is 6.07 Å². The summed E-state index contributed by atoms with van der Waals surface area (Å²) in [6.45, 7) is 1.80. The van der Waals surface area contributed by atoms with Crippen molar-refractivity contribution in [3.63, 3.8) is 0 Å². The van der Waals surface area contributed by atoms with E-state index in [1.165, 1.54) is 12.1 Å². The van der Waals surface area contributed by atoms with Crippen LogP contribution in [0.1, 0.15) is 27.3 Å². The molecule has 0 spiro atoms. The second-order valence-corrected chi connectivity index (χ2v) is 4.90. The molecule has 0 amide bonds. The van der Waals surface area contributed by atoms with Gasteiger partial charge in [0.15, 0.2) is 11.6 Å². The lowest BCUT2D eigenvalue weighted by Gasteiger charge is -2.06. The lowest BCUT2D eigenvalue weighted by atomic mass is 10.1. The lowest BCUT2D eigenvalue weighted by molar-refractivity contribution is 0.103. The molecule has 5 heteroatoms. The summed E-state index contributed by atoms with van der Waals surface area (Å²) in [5.74, 6) is -2.56. The summed E-state index contributed by atoms with van der Waals surface area (Å²) < 4.78 is 28.0. The Hall–Kier alpha value is -3.00. The summed E-state index contributed by atoms with van der Waals surface area (Å²) in [5.41, 5.74) is 2.01. The van der Waals surface area contributed by atoms with Crippen LogP contribution in [-0.2, 0) is 0 Å². The number of halogens is 2. The van der Waals surface area contributed by atoms with Gasteiger partial charge >= 0.3 is 0 Å². The largest absolute Gasteiger partial charge is 0.310 e. The Kier molecular flexibility index (Phi) is 3.22. The highest BCUT2D eigenvalue weighted by molar-refractivity contribution is 6.09. The molecule has 0 aliphatic heterocycles. The summed E-state index contributed by atoms with van der Waals surface area (Å²) in [7, 11) is 0. The summed E-state index contributed by atoms with van der Waals surface area (Å²) >= 11 is 0. The molecule has 0 fully saturated rings. The van der Waals surface area contributed by atoms with E-state index in [4.69, 9.17) is 0 Å². The van der Waals surface area contributed by atoms with Gasteiger partial charge in [-0.25, -0.2) is 8.78 Å². The number of pyridine rings is 1. The van der Waals surface area contributed by atoms with Gasteiger partial charge < -0.3 is 4.40 Å². The number of benzene rings is 1. The molecule has 2 aromatic heterocycles. The van der Waals surface area contributed by atoms with Gasteiger partial charge in [-0.3, -0.25) is 4.79 Å². The minimum absolute atomic E-state index is 0.0334. The standard InChI is InChI=1S/C17H10F2N2O/c1-10-3-2-4-15-12(9-20)8-16(21(10)15)17(22)11-5-6-13(18)14(19)7-11/h2-8H,1H3. The van der Waals surface area contributed by atoms with Crippen molar-refractivity contribution in [1.29, 1.82) is 5.26 Å². The van der Waals surface area contributed by atoms with Gasteiger partial charge in [0.2, 0.25) is 5.78 Å². The van der Waals surface area contributed by atoms with E-state index >= 15 is 0 Å². The van der Waals surface area contributed by atoms with Crippen molar-refractivity contribution >= 4 is 11.3 Å². The molecule has 0 bridgehead atoms. The highest BCUT2D eigenvalue weighted by Crippen LogP contribution is 2.22. The topological polar surface area (TPSA) is 45.3 Å². The first-order valence-electron chi connectivity index (χ1n) is 6.54. The van der Waals surface area contributed by atoms with E-state index in [0.717, 1.165) is 17.8 Å². The molecule has 0 atom stereocenters. The predicted octanol–water partition coefficient (Wildman–Crippen LogP) is 3.63. The highest BCUT2D eigenvalue weighted by atomic mass is 19.2. The molecule has 0 aliphatic rings. The van der Waals surface area contributed by atoms with Crippen LogP contribution >= 0.6 is 0 Å². The third kappa shape index (κ3) is 2.06.